The van der Waals surface area contributed by atoms with Gasteiger partial charge in [0.2, 0.25) is 11.1 Å². The SMILES string of the molecule is Cc1ccc(Oc2ccc(Cl)cc2)c([N+]#N)c1. The van der Waals surface area contributed by atoms with Crippen molar-refractivity contribution in [2.45, 2.75) is 6.92 Å². The van der Waals surface area contributed by atoms with Crippen LogP contribution in [0.25, 0.3) is 4.98 Å². The van der Waals surface area contributed by atoms with Gasteiger partial charge in [0.1, 0.15) is 5.75 Å². The third-order valence-corrected chi connectivity index (χ3v) is 2.52. The molecule has 0 saturated heterocycles. The summed E-state index contributed by atoms with van der Waals surface area (Å²) in [6.45, 7) is 1.92. The fourth-order valence-electron chi connectivity index (χ4n) is 1.42. The number of hydrogen-bond acceptors (Lipinski definition) is 2. The summed E-state index contributed by atoms with van der Waals surface area (Å²) in [5, 5.41) is 9.54. The van der Waals surface area contributed by atoms with Crippen molar-refractivity contribution in [1.29, 1.82) is 5.39 Å². The highest BCUT2D eigenvalue weighted by Gasteiger charge is 2.15. The summed E-state index contributed by atoms with van der Waals surface area (Å²) in [5.41, 5.74) is 1.40. The predicted molar refractivity (Wildman–Crippen MR) is 67.4 cm³/mol. The molecule has 2 rings (SSSR count). The van der Waals surface area contributed by atoms with Crippen molar-refractivity contribution in [3.8, 4) is 11.5 Å². The molecule has 0 heterocycles. The highest BCUT2D eigenvalue weighted by Crippen LogP contribution is 2.32. The Labute approximate surface area is 104 Å². The average Bonchev–Trinajstić information content (AvgIpc) is 2.34. The van der Waals surface area contributed by atoms with Crippen LogP contribution < -0.4 is 4.74 Å². The van der Waals surface area contributed by atoms with E-state index in [0.717, 1.165) is 5.56 Å². The van der Waals surface area contributed by atoms with Gasteiger partial charge in [-0.05, 0) is 42.8 Å². The van der Waals surface area contributed by atoms with Gasteiger partial charge in [0, 0.05) is 11.1 Å². The van der Waals surface area contributed by atoms with Crippen LogP contribution in [-0.2, 0) is 0 Å². The van der Waals surface area contributed by atoms with Crippen LogP contribution in [0.1, 0.15) is 5.56 Å². The van der Waals surface area contributed by atoms with Crippen molar-refractivity contribution in [1.82, 2.24) is 0 Å². The highest BCUT2D eigenvalue weighted by atomic mass is 35.5. The Morgan fingerprint density at radius 3 is 2.47 bits per heavy atom. The van der Waals surface area contributed by atoms with Crippen LogP contribution >= 0.6 is 11.6 Å². The number of diazo groups is 1. The van der Waals surface area contributed by atoms with E-state index in [9.17, 15) is 0 Å². The smallest absolute Gasteiger partial charge is 0.427 e. The molecule has 0 aliphatic rings. The topological polar surface area (TPSA) is 37.4 Å². The molecule has 17 heavy (non-hydrogen) atoms. The van der Waals surface area contributed by atoms with E-state index in [1.807, 2.05) is 13.0 Å². The Morgan fingerprint density at radius 2 is 1.82 bits per heavy atom. The van der Waals surface area contributed by atoms with Crippen molar-refractivity contribution >= 4 is 17.3 Å². The number of halogens is 1. The molecule has 3 nitrogen and oxygen atoms in total. The second kappa shape index (κ2) is 4.86. The molecule has 0 aliphatic heterocycles. The van der Waals surface area contributed by atoms with E-state index in [2.05, 4.69) is 4.98 Å². The van der Waals surface area contributed by atoms with Crippen molar-refractivity contribution in [3.05, 3.63) is 58.0 Å². The van der Waals surface area contributed by atoms with E-state index in [0.29, 0.717) is 22.2 Å². The zero-order valence-electron chi connectivity index (χ0n) is 9.22. The molecule has 84 valence electrons. The summed E-state index contributed by atoms with van der Waals surface area (Å²) in [6.07, 6.45) is 0. The molecular weight excluding hydrogens is 236 g/mol. The highest BCUT2D eigenvalue weighted by molar-refractivity contribution is 6.30. The van der Waals surface area contributed by atoms with Gasteiger partial charge >= 0.3 is 5.69 Å². The largest absolute Gasteiger partial charge is 0.449 e. The molecule has 0 N–H and O–H groups in total. The molecule has 0 amide bonds. The minimum Gasteiger partial charge on any atom is -0.449 e. The number of rotatable bonds is 2. The Balaban J connectivity index is 2.30. The fourth-order valence-corrected chi connectivity index (χ4v) is 1.55. The van der Waals surface area contributed by atoms with E-state index >= 15 is 0 Å². The molecule has 4 heteroatoms. The molecule has 0 aromatic heterocycles. The van der Waals surface area contributed by atoms with E-state index < -0.39 is 0 Å². The van der Waals surface area contributed by atoms with Gasteiger partial charge in [0.05, 0.1) is 0 Å². The summed E-state index contributed by atoms with van der Waals surface area (Å²) >= 11 is 5.78. The number of aryl methyl sites for hydroxylation is 1. The van der Waals surface area contributed by atoms with E-state index in [1.165, 1.54) is 0 Å². The number of hydrogen-bond donors (Lipinski definition) is 0. The average molecular weight is 246 g/mol. The lowest BCUT2D eigenvalue weighted by atomic mass is 10.2. The Hall–Kier alpha value is -2.05. The van der Waals surface area contributed by atoms with E-state index in [4.69, 9.17) is 21.7 Å². The quantitative estimate of drug-likeness (QED) is 0.704. The van der Waals surface area contributed by atoms with Gasteiger partial charge in [-0.2, -0.15) is 0 Å². The summed E-state index contributed by atoms with van der Waals surface area (Å²) in [4.78, 5) is 3.19. The normalized spacial score (nSPS) is 9.71. The van der Waals surface area contributed by atoms with Crippen LogP contribution in [0.4, 0.5) is 5.69 Å². The van der Waals surface area contributed by atoms with E-state index in [-0.39, 0.29) is 0 Å². The third kappa shape index (κ3) is 2.74. The lowest BCUT2D eigenvalue weighted by molar-refractivity contribution is 0.485. The van der Waals surface area contributed by atoms with Gasteiger partial charge in [-0.25, -0.2) is 0 Å². The van der Waals surface area contributed by atoms with Crippen LogP contribution in [0.2, 0.25) is 5.02 Å². The predicted octanol–water partition coefficient (Wildman–Crippen LogP) is 4.93. The van der Waals surface area contributed by atoms with Crippen molar-refractivity contribution in [3.63, 3.8) is 0 Å². The Bertz CT molecular complexity index is 573. The molecule has 0 aliphatic carbocycles. The van der Waals surface area contributed by atoms with Crippen LogP contribution in [-0.4, -0.2) is 0 Å². The van der Waals surface area contributed by atoms with Gasteiger partial charge in [-0.1, -0.05) is 17.7 Å². The summed E-state index contributed by atoms with van der Waals surface area (Å²) in [6, 6.07) is 12.4. The lowest BCUT2D eigenvalue weighted by Gasteiger charge is -2.03. The maximum absolute atomic E-state index is 8.89. The first-order chi connectivity index (χ1) is 8.19. The molecule has 0 bridgehead atoms. The molecule has 2 aromatic carbocycles. The lowest BCUT2D eigenvalue weighted by Crippen LogP contribution is -1.84. The number of nitrogens with zero attached hydrogens (tertiary/aromatic N) is 2. The Morgan fingerprint density at radius 1 is 1.12 bits per heavy atom. The molecule has 0 fully saturated rings. The minimum absolute atomic E-state index is 0.403. The molecule has 0 atom stereocenters. The summed E-state index contributed by atoms with van der Waals surface area (Å²) in [5.74, 6) is 1.14. The molecule has 2 aromatic rings. The molecule has 0 unspecified atom stereocenters. The van der Waals surface area contributed by atoms with Crippen LogP contribution in [0.3, 0.4) is 0 Å². The Kier molecular flexibility index (Phi) is 3.27. The zero-order valence-corrected chi connectivity index (χ0v) is 9.98. The molecule has 0 radical (unpaired) electrons. The first-order valence-electron chi connectivity index (χ1n) is 5.08. The van der Waals surface area contributed by atoms with Gasteiger partial charge in [0.25, 0.3) is 0 Å². The van der Waals surface area contributed by atoms with E-state index in [1.54, 1.807) is 36.4 Å². The van der Waals surface area contributed by atoms with Gasteiger partial charge in [-0.3, -0.25) is 0 Å². The van der Waals surface area contributed by atoms with Crippen molar-refractivity contribution in [2.75, 3.05) is 0 Å². The fraction of sp³-hybridized carbons (Fsp3) is 0.0769. The van der Waals surface area contributed by atoms with Gasteiger partial charge in [-0.15, -0.1) is 0 Å². The maximum Gasteiger partial charge on any atom is 0.427 e. The van der Waals surface area contributed by atoms with Gasteiger partial charge in [0.15, 0.2) is 4.98 Å². The van der Waals surface area contributed by atoms with Crippen LogP contribution in [0, 0.1) is 12.3 Å². The molecule has 0 spiro atoms. The monoisotopic (exact) mass is 245 g/mol. The van der Waals surface area contributed by atoms with Crippen molar-refractivity contribution in [2.24, 2.45) is 0 Å². The first kappa shape index (κ1) is 11.4. The third-order valence-electron chi connectivity index (χ3n) is 2.26. The van der Waals surface area contributed by atoms with Crippen molar-refractivity contribution < 1.29 is 4.74 Å². The summed E-state index contributed by atoms with van der Waals surface area (Å²) in [7, 11) is 0. The molecular formula is C13H10ClN2O+. The standard InChI is InChI=1S/C13H10ClN2O/c1-9-2-7-13(12(8-9)16-15)17-11-5-3-10(14)4-6-11/h2-8H,1H3/q+1. The maximum atomic E-state index is 8.89. The second-order valence-electron chi connectivity index (χ2n) is 3.63. The molecule has 0 saturated carbocycles. The minimum atomic E-state index is 0.403. The van der Waals surface area contributed by atoms with Crippen LogP contribution in [0.15, 0.2) is 42.5 Å². The van der Waals surface area contributed by atoms with Crippen LogP contribution in [0.5, 0.6) is 11.5 Å². The van der Waals surface area contributed by atoms with Gasteiger partial charge < -0.3 is 4.74 Å². The second-order valence-corrected chi connectivity index (χ2v) is 4.06. The zero-order chi connectivity index (χ0) is 12.3. The number of benzene rings is 2. The first-order valence-corrected chi connectivity index (χ1v) is 5.46. The number of ether oxygens (including phenoxy) is 1. The summed E-state index contributed by atoms with van der Waals surface area (Å²) < 4.78 is 5.60.